The van der Waals surface area contributed by atoms with Crippen LogP contribution in [0.3, 0.4) is 0 Å². The first kappa shape index (κ1) is 12.0. The van der Waals surface area contributed by atoms with Gasteiger partial charge in [-0.2, -0.15) is 27.8 Å². The van der Waals surface area contributed by atoms with Crippen molar-refractivity contribution in [1.29, 1.82) is 0 Å². The van der Waals surface area contributed by atoms with Gasteiger partial charge < -0.3 is 0 Å². The Morgan fingerprint density at radius 3 is 2.88 bits per heavy atom. The number of fused-ring (bicyclic) bond motifs is 1. The summed E-state index contributed by atoms with van der Waals surface area (Å²) in [5, 5.41) is 0. The summed E-state index contributed by atoms with van der Waals surface area (Å²) in [5.41, 5.74) is 3.07. The first-order valence-electron chi connectivity index (χ1n) is 5.15. The van der Waals surface area contributed by atoms with Gasteiger partial charge in [-0.3, -0.25) is 0 Å². The molecule has 0 saturated carbocycles. The number of imidazole rings is 1. The van der Waals surface area contributed by atoms with E-state index < -0.39 is 0 Å². The van der Waals surface area contributed by atoms with Crippen LogP contribution >= 0.6 is 0 Å². The molecule has 0 bridgehead atoms. The summed E-state index contributed by atoms with van der Waals surface area (Å²) in [7, 11) is 2.02. The van der Waals surface area contributed by atoms with Crippen molar-refractivity contribution < 1.29 is 20.1 Å². The van der Waals surface area contributed by atoms with Crippen LogP contribution in [0.15, 0.2) is 48.9 Å². The predicted molar refractivity (Wildman–Crippen MR) is 63.3 cm³/mol. The molecule has 87 valence electrons. The number of aromatic nitrogens is 3. The number of hydrogen-bond donors (Lipinski definition) is 0. The standard InChI is InChI=1S/C13H11N3.Ir/c1-15-10-16(11-6-3-2-4-7-11)13-12(15)8-5-9-14-13;/h2-6,8-10H,1H3;. The molecule has 1 radical (unpaired) electrons. The molecule has 3 nitrogen and oxygen atoms in total. The summed E-state index contributed by atoms with van der Waals surface area (Å²) in [6.45, 7) is 0. The van der Waals surface area contributed by atoms with Gasteiger partial charge in [-0.05, 0) is 6.07 Å². The third-order valence-corrected chi connectivity index (χ3v) is 2.62. The second-order valence-electron chi connectivity index (χ2n) is 3.69. The molecule has 0 spiro atoms. The van der Waals surface area contributed by atoms with Gasteiger partial charge in [0.15, 0.2) is 11.8 Å². The van der Waals surface area contributed by atoms with E-state index in [1.54, 1.807) is 0 Å². The topological polar surface area (TPSA) is 22.8 Å². The largest absolute Gasteiger partial charge is 0.282 e. The average molecular weight is 401 g/mol. The normalized spacial score (nSPS) is 10.2. The summed E-state index contributed by atoms with van der Waals surface area (Å²) in [6, 6.07) is 15.1. The summed E-state index contributed by atoms with van der Waals surface area (Å²) in [5.74, 6) is 0. The first-order chi connectivity index (χ1) is 7.86. The molecule has 3 rings (SSSR count). The quantitative estimate of drug-likeness (QED) is 0.575. The minimum atomic E-state index is 0. The van der Waals surface area contributed by atoms with Crippen LogP contribution in [-0.4, -0.2) is 14.1 Å². The van der Waals surface area contributed by atoms with E-state index in [0.29, 0.717) is 0 Å². The Kier molecular flexibility index (Phi) is 3.36. The van der Waals surface area contributed by atoms with Crippen molar-refractivity contribution in [3.63, 3.8) is 0 Å². The molecular weight excluding hydrogens is 390 g/mol. The second-order valence-corrected chi connectivity index (χ2v) is 3.69. The van der Waals surface area contributed by atoms with E-state index in [9.17, 15) is 0 Å². The van der Waals surface area contributed by atoms with Crippen LogP contribution in [0.25, 0.3) is 16.9 Å². The smallest absolute Gasteiger partial charge is 0.246 e. The van der Waals surface area contributed by atoms with Crippen molar-refractivity contribution in [2.24, 2.45) is 7.05 Å². The van der Waals surface area contributed by atoms with E-state index in [4.69, 9.17) is 0 Å². The van der Waals surface area contributed by atoms with E-state index in [1.165, 1.54) is 0 Å². The molecular formula is C13H11IrN3. The number of pyridine rings is 1. The van der Waals surface area contributed by atoms with Crippen LogP contribution in [0.1, 0.15) is 0 Å². The third-order valence-electron chi connectivity index (χ3n) is 2.62. The van der Waals surface area contributed by atoms with Gasteiger partial charge in [-0.25, -0.2) is 4.57 Å². The van der Waals surface area contributed by atoms with Gasteiger partial charge in [0.1, 0.15) is 0 Å². The van der Waals surface area contributed by atoms with Gasteiger partial charge in [-0.1, -0.05) is 0 Å². The third kappa shape index (κ3) is 2.02. The van der Waals surface area contributed by atoms with E-state index in [2.05, 4.69) is 21.7 Å². The Morgan fingerprint density at radius 2 is 2.12 bits per heavy atom. The van der Waals surface area contributed by atoms with Gasteiger partial charge >= 0.3 is 0 Å². The summed E-state index contributed by atoms with van der Waals surface area (Å²) < 4.78 is 4.10. The van der Waals surface area contributed by atoms with Gasteiger partial charge in [0.2, 0.25) is 0 Å². The molecule has 0 amide bonds. The van der Waals surface area contributed by atoms with Crippen LogP contribution in [0.2, 0.25) is 0 Å². The number of benzene rings is 1. The number of para-hydroxylation sites is 1. The second kappa shape index (κ2) is 4.78. The predicted octanol–water partition coefficient (Wildman–Crippen LogP) is 2.44. The molecule has 0 N–H and O–H groups in total. The zero-order valence-electron chi connectivity index (χ0n) is 9.29. The zero-order valence-corrected chi connectivity index (χ0v) is 11.7. The summed E-state index contributed by atoms with van der Waals surface area (Å²) in [4.78, 5) is 4.40. The van der Waals surface area contributed by atoms with E-state index in [0.717, 1.165) is 16.9 Å². The molecule has 1 aromatic carbocycles. The van der Waals surface area contributed by atoms with Crippen molar-refractivity contribution in [2.75, 3.05) is 0 Å². The van der Waals surface area contributed by atoms with Crippen molar-refractivity contribution in [1.82, 2.24) is 14.1 Å². The Bertz CT molecular complexity index is 631. The number of rotatable bonds is 1. The maximum atomic E-state index is 4.40. The van der Waals surface area contributed by atoms with E-state index >= 15 is 0 Å². The van der Waals surface area contributed by atoms with Crippen molar-refractivity contribution in [3.05, 3.63) is 55.0 Å². The fourth-order valence-electron chi connectivity index (χ4n) is 1.85. The molecule has 0 fully saturated rings. The molecule has 4 heteroatoms. The minimum absolute atomic E-state index is 0. The molecule has 3 aromatic rings. The first-order valence-corrected chi connectivity index (χ1v) is 5.15. The number of hydrogen-bond acceptors (Lipinski definition) is 1. The molecule has 0 unspecified atom stereocenters. The Labute approximate surface area is 113 Å². The minimum Gasteiger partial charge on any atom is -0.246 e. The maximum Gasteiger partial charge on any atom is 0.282 e. The molecule has 0 aliphatic heterocycles. The van der Waals surface area contributed by atoms with E-state index in [-0.39, 0.29) is 20.1 Å². The van der Waals surface area contributed by atoms with Gasteiger partial charge in [0, 0.05) is 45.1 Å². The van der Waals surface area contributed by atoms with Gasteiger partial charge in [0.25, 0.3) is 5.65 Å². The SMILES string of the molecule is Cn1[cH+]n(-c2[c-]cccc2)c2ncccc21.[Ir]. The molecule has 2 heterocycles. The molecule has 0 aliphatic carbocycles. The maximum absolute atomic E-state index is 4.40. The summed E-state index contributed by atoms with van der Waals surface area (Å²) >= 11 is 0. The monoisotopic (exact) mass is 402 g/mol. The summed E-state index contributed by atoms with van der Waals surface area (Å²) in [6.07, 6.45) is 3.82. The van der Waals surface area contributed by atoms with Crippen LogP contribution in [0.4, 0.5) is 0 Å². The van der Waals surface area contributed by atoms with Crippen molar-refractivity contribution >= 4 is 11.2 Å². The average Bonchev–Trinajstić information content (AvgIpc) is 2.69. The number of nitrogens with zero attached hydrogens (tertiary/aromatic N) is 3. The van der Waals surface area contributed by atoms with Crippen LogP contribution < -0.4 is 0 Å². The fraction of sp³-hybridized carbons (Fsp3) is 0.0769. The Balaban J connectivity index is 0.00000108. The molecule has 0 saturated heterocycles. The Morgan fingerprint density at radius 1 is 1.24 bits per heavy atom. The number of aryl methyl sites for hydroxylation is 1. The molecule has 0 atom stereocenters. The van der Waals surface area contributed by atoms with Crippen LogP contribution in [0, 0.1) is 6.07 Å². The van der Waals surface area contributed by atoms with Crippen LogP contribution in [-0.2, 0) is 27.2 Å². The molecule has 2 aromatic heterocycles. The van der Waals surface area contributed by atoms with E-state index in [1.807, 2.05) is 54.5 Å². The molecule has 17 heavy (non-hydrogen) atoms. The van der Waals surface area contributed by atoms with Crippen molar-refractivity contribution in [2.45, 2.75) is 0 Å². The van der Waals surface area contributed by atoms with Crippen molar-refractivity contribution in [3.8, 4) is 5.69 Å². The Hall–Kier alpha value is -1.51. The fourth-order valence-corrected chi connectivity index (χ4v) is 1.85. The van der Waals surface area contributed by atoms with Gasteiger partial charge in [0.05, 0.1) is 0 Å². The van der Waals surface area contributed by atoms with Crippen LogP contribution in [0.5, 0.6) is 0 Å². The molecule has 0 aliphatic rings. The van der Waals surface area contributed by atoms with Gasteiger partial charge in [-0.15, -0.1) is 12.1 Å². The zero-order chi connectivity index (χ0) is 11.0.